The zero-order chi connectivity index (χ0) is 16.8. The number of nitrogens with one attached hydrogen (secondary N) is 2. The fraction of sp³-hybridized carbons (Fsp3) is 0.133. The minimum absolute atomic E-state index is 0.0746. The van der Waals surface area contributed by atoms with Gasteiger partial charge < -0.3 is 15.4 Å². The lowest BCUT2D eigenvalue weighted by Crippen LogP contribution is -2.19. The fourth-order valence-corrected chi connectivity index (χ4v) is 2.23. The lowest BCUT2D eigenvalue weighted by molar-refractivity contribution is -0.384. The van der Waals surface area contributed by atoms with E-state index < -0.39 is 4.92 Å². The first-order valence-corrected chi connectivity index (χ1v) is 7.53. The molecule has 23 heavy (non-hydrogen) atoms. The second kappa shape index (κ2) is 7.75. The van der Waals surface area contributed by atoms with Crippen LogP contribution in [0.4, 0.5) is 17.1 Å². The predicted molar refractivity (Wildman–Crippen MR) is 95.6 cm³/mol. The number of benzene rings is 2. The first-order chi connectivity index (χ1) is 11.0. The topological polar surface area (TPSA) is 76.4 Å². The van der Waals surface area contributed by atoms with Crippen molar-refractivity contribution in [1.82, 2.24) is 0 Å². The molecule has 8 heteroatoms. The summed E-state index contributed by atoms with van der Waals surface area (Å²) in [5.41, 5.74) is 0.968. The highest BCUT2D eigenvalue weighted by Crippen LogP contribution is 2.28. The molecule has 0 bridgehead atoms. The molecule has 120 valence electrons. The van der Waals surface area contributed by atoms with Gasteiger partial charge in [-0.25, -0.2) is 0 Å². The van der Waals surface area contributed by atoms with E-state index in [-0.39, 0.29) is 10.8 Å². The minimum atomic E-state index is -0.498. The Balaban J connectivity index is 2.14. The summed E-state index contributed by atoms with van der Waals surface area (Å²) in [6.07, 6.45) is 0. The molecule has 0 aliphatic carbocycles. The number of ether oxygens (including phenoxy) is 1. The van der Waals surface area contributed by atoms with Crippen molar-refractivity contribution in [3.8, 4) is 5.75 Å². The van der Waals surface area contributed by atoms with Crippen LogP contribution in [0.5, 0.6) is 5.75 Å². The average molecular weight is 352 g/mol. The first kappa shape index (κ1) is 17.0. The third-order valence-corrected chi connectivity index (χ3v) is 3.38. The SMILES string of the molecule is CCOc1ccccc1NC(=S)Nc1cc([N+](=O)[O-])ccc1Cl. The van der Waals surface area contributed by atoms with E-state index in [0.29, 0.717) is 28.8 Å². The van der Waals surface area contributed by atoms with Crippen LogP contribution in [0.25, 0.3) is 0 Å². The Hall–Kier alpha value is -2.38. The summed E-state index contributed by atoms with van der Waals surface area (Å²) in [6.45, 7) is 2.41. The second-order valence-electron chi connectivity index (χ2n) is 4.43. The Morgan fingerprint density at radius 2 is 1.96 bits per heavy atom. The minimum Gasteiger partial charge on any atom is -0.492 e. The quantitative estimate of drug-likeness (QED) is 0.470. The second-order valence-corrected chi connectivity index (χ2v) is 5.25. The highest BCUT2D eigenvalue weighted by atomic mass is 35.5. The molecular formula is C15H14ClN3O3S. The predicted octanol–water partition coefficient (Wildman–Crippen LogP) is 4.46. The Morgan fingerprint density at radius 1 is 1.26 bits per heavy atom. The molecule has 2 aromatic carbocycles. The van der Waals surface area contributed by atoms with E-state index in [9.17, 15) is 10.1 Å². The van der Waals surface area contributed by atoms with Crippen molar-refractivity contribution in [3.63, 3.8) is 0 Å². The largest absolute Gasteiger partial charge is 0.492 e. The third kappa shape index (κ3) is 4.54. The molecule has 0 saturated heterocycles. The molecule has 2 aromatic rings. The molecule has 2 rings (SSSR count). The Bertz CT molecular complexity index is 740. The van der Waals surface area contributed by atoms with Gasteiger partial charge in [-0.15, -0.1) is 0 Å². The van der Waals surface area contributed by atoms with Gasteiger partial charge in [-0.1, -0.05) is 23.7 Å². The van der Waals surface area contributed by atoms with Gasteiger partial charge in [0.25, 0.3) is 5.69 Å². The van der Waals surface area contributed by atoms with E-state index in [2.05, 4.69) is 10.6 Å². The molecule has 0 amide bonds. The van der Waals surface area contributed by atoms with Gasteiger partial charge in [-0.2, -0.15) is 0 Å². The summed E-state index contributed by atoms with van der Waals surface area (Å²) in [5.74, 6) is 0.657. The highest BCUT2D eigenvalue weighted by Gasteiger charge is 2.11. The van der Waals surface area contributed by atoms with Crippen LogP contribution < -0.4 is 15.4 Å². The Labute approximate surface area is 143 Å². The maximum atomic E-state index is 10.8. The number of nitro benzene ring substituents is 1. The highest BCUT2D eigenvalue weighted by molar-refractivity contribution is 7.80. The average Bonchev–Trinajstić information content (AvgIpc) is 2.51. The molecule has 0 heterocycles. The summed E-state index contributed by atoms with van der Waals surface area (Å²) < 4.78 is 5.50. The molecular weight excluding hydrogens is 338 g/mol. The summed E-state index contributed by atoms with van der Waals surface area (Å²) in [5, 5.41) is 17.2. The number of nitro groups is 1. The standard InChI is InChI=1S/C15H14ClN3O3S/c1-2-22-14-6-4-3-5-12(14)17-15(23)18-13-9-10(19(20)21)7-8-11(13)16/h3-9H,2H2,1H3,(H2,17,18,23). The number of nitrogens with zero attached hydrogens (tertiary/aromatic N) is 1. The van der Waals surface area contributed by atoms with E-state index in [1.54, 1.807) is 0 Å². The molecule has 0 spiro atoms. The summed E-state index contributed by atoms with van der Waals surface area (Å²) in [6, 6.07) is 11.4. The van der Waals surface area contributed by atoms with E-state index in [1.807, 2.05) is 31.2 Å². The van der Waals surface area contributed by atoms with E-state index in [0.717, 1.165) is 0 Å². The number of halogens is 1. The molecule has 0 aliphatic heterocycles. The Morgan fingerprint density at radius 3 is 2.65 bits per heavy atom. The number of thiocarbonyl (C=S) groups is 1. The van der Waals surface area contributed by atoms with Gasteiger partial charge in [-0.3, -0.25) is 10.1 Å². The van der Waals surface area contributed by atoms with Gasteiger partial charge in [-0.05, 0) is 37.3 Å². The number of para-hydroxylation sites is 2. The van der Waals surface area contributed by atoms with E-state index in [4.69, 9.17) is 28.6 Å². The van der Waals surface area contributed by atoms with Crippen molar-refractivity contribution in [3.05, 3.63) is 57.6 Å². The van der Waals surface area contributed by atoms with Crippen LogP contribution in [0.3, 0.4) is 0 Å². The number of hydrogen-bond donors (Lipinski definition) is 2. The first-order valence-electron chi connectivity index (χ1n) is 6.75. The van der Waals surface area contributed by atoms with Gasteiger partial charge in [0.2, 0.25) is 0 Å². The van der Waals surface area contributed by atoms with Crippen molar-refractivity contribution < 1.29 is 9.66 Å². The monoisotopic (exact) mass is 351 g/mol. The summed E-state index contributed by atoms with van der Waals surface area (Å²) in [7, 11) is 0. The van der Waals surface area contributed by atoms with Crippen LogP contribution >= 0.6 is 23.8 Å². The lowest BCUT2D eigenvalue weighted by Gasteiger charge is -2.14. The number of rotatable bonds is 5. The number of hydrogen-bond acceptors (Lipinski definition) is 4. The third-order valence-electron chi connectivity index (χ3n) is 2.84. The fourth-order valence-electron chi connectivity index (χ4n) is 1.85. The molecule has 0 aromatic heterocycles. The van der Waals surface area contributed by atoms with Crippen LogP contribution in [0.15, 0.2) is 42.5 Å². The van der Waals surface area contributed by atoms with Crippen molar-refractivity contribution in [1.29, 1.82) is 0 Å². The van der Waals surface area contributed by atoms with Gasteiger partial charge in [0.05, 0.1) is 27.9 Å². The molecule has 6 nitrogen and oxygen atoms in total. The van der Waals surface area contributed by atoms with Crippen molar-refractivity contribution >= 4 is 46.0 Å². The smallest absolute Gasteiger partial charge is 0.271 e. The van der Waals surface area contributed by atoms with Gasteiger partial charge in [0.15, 0.2) is 5.11 Å². The van der Waals surface area contributed by atoms with Crippen molar-refractivity contribution in [2.75, 3.05) is 17.2 Å². The molecule has 2 N–H and O–H groups in total. The van der Waals surface area contributed by atoms with Crippen LogP contribution in [0.2, 0.25) is 5.02 Å². The lowest BCUT2D eigenvalue weighted by atomic mass is 10.3. The molecule has 0 atom stereocenters. The molecule has 0 radical (unpaired) electrons. The Kier molecular flexibility index (Phi) is 5.72. The molecule has 0 fully saturated rings. The van der Waals surface area contributed by atoms with Crippen molar-refractivity contribution in [2.45, 2.75) is 6.92 Å². The molecule has 0 saturated carbocycles. The maximum Gasteiger partial charge on any atom is 0.271 e. The van der Waals surface area contributed by atoms with E-state index >= 15 is 0 Å². The van der Waals surface area contributed by atoms with Gasteiger partial charge in [0, 0.05) is 12.1 Å². The number of anilines is 2. The zero-order valence-corrected chi connectivity index (χ0v) is 13.8. The van der Waals surface area contributed by atoms with Crippen LogP contribution in [-0.2, 0) is 0 Å². The maximum absolute atomic E-state index is 10.8. The van der Waals surface area contributed by atoms with Crippen LogP contribution in [0.1, 0.15) is 6.92 Å². The van der Waals surface area contributed by atoms with Crippen LogP contribution in [0, 0.1) is 10.1 Å². The van der Waals surface area contributed by atoms with Crippen molar-refractivity contribution in [2.24, 2.45) is 0 Å². The van der Waals surface area contributed by atoms with E-state index in [1.165, 1.54) is 18.2 Å². The molecule has 0 aliphatic rings. The summed E-state index contributed by atoms with van der Waals surface area (Å²) in [4.78, 5) is 10.3. The van der Waals surface area contributed by atoms with Gasteiger partial charge >= 0.3 is 0 Å². The summed E-state index contributed by atoms with van der Waals surface area (Å²) >= 11 is 11.3. The molecule has 0 unspecified atom stereocenters. The van der Waals surface area contributed by atoms with Gasteiger partial charge in [0.1, 0.15) is 5.75 Å². The number of non-ortho nitro benzene ring substituents is 1. The zero-order valence-electron chi connectivity index (χ0n) is 12.2. The van der Waals surface area contributed by atoms with Crippen LogP contribution in [-0.4, -0.2) is 16.6 Å². The normalized spacial score (nSPS) is 10.0.